The minimum absolute atomic E-state index is 0.622. The summed E-state index contributed by atoms with van der Waals surface area (Å²) in [5.41, 5.74) is 14.7. The molecule has 0 amide bonds. The van der Waals surface area contributed by atoms with Gasteiger partial charge in [-0.1, -0.05) is 195 Å². The number of hydrogen-bond acceptors (Lipinski definition) is 5. The Morgan fingerprint density at radius 2 is 0.839 bits per heavy atom. The standard InChI is InChI=1S/C57H40N4O/c1-3-4-8-19-38(2)50-36-51(39-20-9-5-10-21-39)59-56(58-50)44-28-15-26-42(34-44)46-30-17-32-48-49-33-18-31-47(55(49)62-54(46)48)43-27-16-29-45(35-43)57-60-52(40-22-11-6-12-23-40)37-53(61-57)41-24-13-7-14-25-41/h3-37H,2H2,1H3/b4-3-,19-8-. The molecule has 294 valence electrons. The third kappa shape index (κ3) is 7.55. The van der Waals surface area contributed by atoms with Gasteiger partial charge in [-0.25, -0.2) is 19.9 Å². The Bertz CT molecular complexity index is 3250. The van der Waals surface area contributed by atoms with Gasteiger partial charge in [0.2, 0.25) is 0 Å². The van der Waals surface area contributed by atoms with Gasteiger partial charge in [0.25, 0.3) is 0 Å². The van der Waals surface area contributed by atoms with Crippen LogP contribution in [0.5, 0.6) is 0 Å². The van der Waals surface area contributed by atoms with Crippen molar-refractivity contribution in [3.8, 4) is 78.8 Å². The normalized spacial score (nSPS) is 11.6. The highest BCUT2D eigenvalue weighted by Crippen LogP contribution is 2.41. The van der Waals surface area contributed by atoms with E-state index in [0.29, 0.717) is 11.6 Å². The van der Waals surface area contributed by atoms with E-state index in [2.05, 4.69) is 134 Å². The Balaban J connectivity index is 1.05. The van der Waals surface area contributed by atoms with Crippen molar-refractivity contribution in [3.05, 3.63) is 225 Å². The van der Waals surface area contributed by atoms with E-state index in [4.69, 9.17) is 24.4 Å². The van der Waals surface area contributed by atoms with Gasteiger partial charge in [0.05, 0.1) is 22.8 Å². The number of para-hydroxylation sites is 2. The summed E-state index contributed by atoms with van der Waals surface area (Å²) in [6.45, 7) is 6.33. The molecule has 0 unspecified atom stereocenters. The van der Waals surface area contributed by atoms with Gasteiger partial charge in [-0.3, -0.25) is 0 Å². The molecule has 0 spiro atoms. The summed E-state index contributed by atoms with van der Waals surface area (Å²) in [5, 5.41) is 2.09. The van der Waals surface area contributed by atoms with Gasteiger partial charge in [-0.15, -0.1) is 0 Å². The fraction of sp³-hybridized carbons (Fsp3) is 0.0175. The van der Waals surface area contributed by atoms with Gasteiger partial charge >= 0.3 is 0 Å². The van der Waals surface area contributed by atoms with Crippen LogP contribution < -0.4 is 0 Å². The highest BCUT2D eigenvalue weighted by Gasteiger charge is 2.18. The van der Waals surface area contributed by atoms with E-state index < -0.39 is 0 Å². The molecule has 10 aromatic rings. The number of benzene rings is 7. The molecule has 5 heteroatoms. The van der Waals surface area contributed by atoms with Crippen molar-refractivity contribution in [2.45, 2.75) is 6.92 Å². The number of nitrogens with zero attached hydrogens (tertiary/aromatic N) is 4. The van der Waals surface area contributed by atoms with Gasteiger partial charge in [0.1, 0.15) is 11.2 Å². The maximum atomic E-state index is 6.96. The first kappa shape index (κ1) is 38.0. The van der Waals surface area contributed by atoms with Crippen LogP contribution in [0.25, 0.3) is 106 Å². The maximum absolute atomic E-state index is 6.96. The Labute approximate surface area is 360 Å². The van der Waals surface area contributed by atoms with Crippen LogP contribution in [0.4, 0.5) is 0 Å². The lowest BCUT2D eigenvalue weighted by molar-refractivity contribution is 0.671. The molecule has 7 aromatic carbocycles. The van der Waals surface area contributed by atoms with E-state index in [1.807, 2.05) is 91.9 Å². The highest BCUT2D eigenvalue weighted by atomic mass is 16.3. The molecule has 0 fully saturated rings. The lowest BCUT2D eigenvalue weighted by Crippen LogP contribution is -1.97. The molecule has 3 heterocycles. The number of hydrogen-bond donors (Lipinski definition) is 0. The lowest BCUT2D eigenvalue weighted by atomic mass is 9.98. The quantitative estimate of drug-likeness (QED) is 0.129. The van der Waals surface area contributed by atoms with Gasteiger partial charge < -0.3 is 4.42 Å². The zero-order chi connectivity index (χ0) is 41.8. The van der Waals surface area contributed by atoms with Crippen molar-refractivity contribution in [1.29, 1.82) is 0 Å². The summed E-state index contributed by atoms with van der Waals surface area (Å²) in [6, 6.07) is 64.3. The second-order valence-electron chi connectivity index (χ2n) is 15.1. The minimum Gasteiger partial charge on any atom is -0.455 e. The third-order valence-corrected chi connectivity index (χ3v) is 11.0. The monoisotopic (exact) mass is 796 g/mol. The molecular formula is C57H40N4O. The predicted octanol–water partition coefficient (Wildman–Crippen LogP) is 15.0. The van der Waals surface area contributed by atoms with E-state index in [-0.39, 0.29) is 0 Å². The van der Waals surface area contributed by atoms with Crippen LogP contribution in [0.15, 0.2) is 223 Å². The van der Waals surface area contributed by atoms with Gasteiger partial charge in [-0.2, -0.15) is 0 Å². The smallest absolute Gasteiger partial charge is 0.160 e. The number of allylic oxidation sites excluding steroid dienone is 5. The lowest BCUT2D eigenvalue weighted by Gasteiger charge is -2.11. The molecule has 0 radical (unpaired) electrons. The van der Waals surface area contributed by atoms with Crippen LogP contribution >= 0.6 is 0 Å². The fourth-order valence-electron chi connectivity index (χ4n) is 7.88. The molecule has 0 aliphatic rings. The first-order valence-corrected chi connectivity index (χ1v) is 20.7. The molecule has 0 aliphatic carbocycles. The van der Waals surface area contributed by atoms with Crippen molar-refractivity contribution in [2.75, 3.05) is 0 Å². The highest BCUT2D eigenvalue weighted by molar-refractivity contribution is 6.13. The summed E-state index contributed by atoms with van der Waals surface area (Å²) < 4.78 is 6.96. The summed E-state index contributed by atoms with van der Waals surface area (Å²) in [6.07, 6.45) is 7.92. The number of aromatic nitrogens is 4. The summed E-state index contributed by atoms with van der Waals surface area (Å²) in [4.78, 5) is 20.3. The molecule has 0 bridgehead atoms. The Hall–Kier alpha value is -8.28. The van der Waals surface area contributed by atoms with Gasteiger partial charge in [-0.05, 0) is 47.9 Å². The minimum atomic E-state index is 0.622. The van der Waals surface area contributed by atoms with Crippen molar-refractivity contribution < 1.29 is 4.42 Å². The van der Waals surface area contributed by atoms with E-state index in [0.717, 1.165) is 100 Å². The average molecular weight is 797 g/mol. The SMILES string of the molecule is C=C(/C=C\C=C/C)c1cc(-c2ccccc2)nc(-c2cccc(-c3cccc4c3oc3c(-c5cccc(-c6nc(-c7ccccc7)cc(-c7ccccc7)n6)c5)cccc34)c2)n1. The molecule has 3 aromatic heterocycles. The summed E-state index contributed by atoms with van der Waals surface area (Å²) >= 11 is 0. The molecule has 10 rings (SSSR count). The van der Waals surface area contributed by atoms with E-state index in [9.17, 15) is 0 Å². The van der Waals surface area contributed by atoms with Crippen LogP contribution in [0, 0.1) is 0 Å². The average Bonchev–Trinajstić information content (AvgIpc) is 3.74. The Morgan fingerprint density at radius 3 is 1.32 bits per heavy atom. The topological polar surface area (TPSA) is 64.7 Å². The molecule has 0 N–H and O–H groups in total. The van der Waals surface area contributed by atoms with Crippen molar-refractivity contribution in [2.24, 2.45) is 0 Å². The maximum Gasteiger partial charge on any atom is 0.160 e. The van der Waals surface area contributed by atoms with Crippen LogP contribution in [0.2, 0.25) is 0 Å². The molecule has 0 saturated heterocycles. The zero-order valence-electron chi connectivity index (χ0n) is 34.1. The molecule has 5 nitrogen and oxygen atoms in total. The zero-order valence-corrected chi connectivity index (χ0v) is 34.1. The first-order chi connectivity index (χ1) is 30.6. The van der Waals surface area contributed by atoms with E-state index in [1.165, 1.54) is 0 Å². The van der Waals surface area contributed by atoms with E-state index in [1.54, 1.807) is 0 Å². The van der Waals surface area contributed by atoms with Crippen LogP contribution in [0.1, 0.15) is 12.6 Å². The number of fused-ring (bicyclic) bond motifs is 3. The molecule has 0 aliphatic heterocycles. The Morgan fingerprint density at radius 1 is 0.419 bits per heavy atom. The first-order valence-electron chi connectivity index (χ1n) is 20.7. The number of furan rings is 1. The summed E-state index contributed by atoms with van der Waals surface area (Å²) in [7, 11) is 0. The van der Waals surface area contributed by atoms with Crippen LogP contribution in [-0.4, -0.2) is 19.9 Å². The molecule has 0 saturated carbocycles. The van der Waals surface area contributed by atoms with Crippen LogP contribution in [0.3, 0.4) is 0 Å². The second-order valence-corrected chi connectivity index (χ2v) is 15.1. The largest absolute Gasteiger partial charge is 0.455 e. The predicted molar refractivity (Wildman–Crippen MR) is 256 cm³/mol. The number of rotatable bonds is 10. The van der Waals surface area contributed by atoms with E-state index >= 15 is 0 Å². The van der Waals surface area contributed by atoms with Gasteiger partial charge in [0, 0.05) is 49.7 Å². The fourth-order valence-corrected chi connectivity index (χ4v) is 7.88. The van der Waals surface area contributed by atoms with Crippen molar-refractivity contribution in [3.63, 3.8) is 0 Å². The van der Waals surface area contributed by atoms with Crippen molar-refractivity contribution >= 4 is 27.5 Å². The van der Waals surface area contributed by atoms with Gasteiger partial charge in [0.15, 0.2) is 11.6 Å². The molecule has 0 atom stereocenters. The second kappa shape index (κ2) is 16.8. The van der Waals surface area contributed by atoms with Crippen LogP contribution in [-0.2, 0) is 0 Å². The Kier molecular flexibility index (Phi) is 10.3. The molecular weight excluding hydrogens is 757 g/mol. The van der Waals surface area contributed by atoms with Crippen molar-refractivity contribution in [1.82, 2.24) is 19.9 Å². The molecule has 62 heavy (non-hydrogen) atoms. The summed E-state index contributed by atoms with van der Waals surface area (Å²) in [5.74, 6) is 1.28. The third-order valence-electron chi connectivity index (χ3n) is 11.0.